The Bertz CT molecular complexity index is 868. The smallest absolute Gasteiger partial charge is 0.422 e. The molecule has 2 heterocycles. The number of carbonyl (C=O) groups is 1. The van der Waals surface area contributed by atoms with Crippen molar-refractivity contribution in [2.75, 3.05) is 6.61 Å². The molecule has 1 N–H and O–H groups in total. The summed E-state index contributed by atoms with van der Waals surface area (Å²) in [7, 11) is 0. The lowest BCUT2D eigenvalue weighted by Gasteiger charge is -2.15. The number of aryl methyl sites for hydroxylation is 2. The third kappa shape index (κ3) is 7.84. The molecule has 0 spiro atoms. The zero-order valence-corrected chi connectivity index (χ0v) is 15.9. The Hall–Kier alpha value is -2.92. The van der Waals surface area contributed by atoms with Gasteiger partial charge >= 0.3 is 12.4 Å². The number of aromatic nitrogens is 3. The van der Waals surface area contributed by atoms with Crippen molar-refractivity contribution in [3.63, 3.8) is 0 Å². The van der Waals surface area contributed by atoms with Gasteiger partial charge in [-0.25, -0.2) is 15.0 Å². The maximum absolute atomic E-state index is 12.4. The Labute approximate surface area is 167 Å². The van der Waals surface area contributed by atoms with Crippen LogP contribution in [-0.4, -0.2) is 39.8 Å². The number of alkyl halides is 6. The highest BCUT2D eigenvalue weighted by Crippen LogP contribution is 2.22. The molecule has 0 radical (unpaired) electrons. The number of carbonyl (C=O) groups excluding carboxylic acids is 1. The molecule has 0 saturated heterocycles. The summed E-state index contributed by atoms with van der Waals surface area (Å²) in [5, 5.41) is 2.60. The predicted molar refractivity (Wildman–Crippen MR) is 92.8 cm³/mol. The molecule has 0 bridgehead atoms. The van der Waals surface area contributed by atoms with Crippen molar-refractivity contribution >= 4 is 5.91 Å². The van der Waals surface area contributed by atoms with Crippen LogP contribution in [-0.2, 0) is 6.42 Å². The molecule has 2 rings (SSSR count). The molecular weight excluding hydrogens is 418 g/mol. The molecule has 30 heavy (non-hydrogen) atoms. The molecule has 6 nitrogen and oxygen atoms in total. The maximum atomic E-state index is 12.4. The average Bonchev–Trinajstić information content (AvgIpc) is 2.63. The van der Waals surface area contributed by atoms with Crippen LogP contribution in [0.15, 0.2) is 24.4 Å². The lowest BCUT2D eigenvalue weighted by Crippen LogP contribution is -2.28. The van der Waals surface area contributed by atoms with E-state index in [4.69, 9.17) is 0 Å². The fourth-order valence-corrected chi connectivity index (χ4v) is 2.35. The number of amides is 1. The lowest BCUT2D eigenvalue weighted by atomic mass is 10.1. The van der Waals surface area contributed by atoms with E-state index in [0.717, 1.165) is 0 Å². The maximum Gasteiger partial charge on any atom is 0.422 e. The van der Waals surface area contributed by atoms with Crippen molar-refractivity contribution in [3.8, 4) is 5.88 Å². The summed E-state index contributed by atoms with van der Waals surface area (Å²) in [5.41, 5.74) is 0.725. The highest BCUT2D eigenvalue weighted by molar-refractivity contribution is 5.92. The molecule has 0 aliphatic carbocycles. The SMILES string of the molecule is Cc1cc(C(=O)NC(C)c2ccc(OCC(F)(F)F)nc2)nc(CCC(F)(F)F)n1. The van der Waals surface area contributed by atoms with Crippen LogP contribution in [0.2, 0.25) is 0 Å². The predicted octanol–water partition coefficient (Wildman–Crippen LogP) is 4.11. The summed E-state index contributed by atoms with van der Waals surface area (Å²) in [4.78, 5) is 24.0. The normalized spacial score (nSPS) is 13.1. The molecule has 2 aromatic heterocycles. The molecule has 1 unspecified atom stereocenters. The van der Waals surface area contributed by atoms with Gasteiger partial charge in [-0.15, -0.1) is 0 Å². The van der Waals surface area contributed by atoms with Crippen molar-refractivity contribution in [2.45, 2.75) is 45.1 Å². The van der Waals surface area contributed by atoms with Gasteiger partial charge in [0.15, 0.2) is 6.61 Å². The summed E-state index contributed by atoms with van der Waals surface area (Å²) >= 11 is 0. The van der Waals surface area contributed by atoms with Crippen LogP contribution in [0.5, 0.6) is 5.88 Å². The minimum absolute atomic E-state index is 0.0929. The van der Waals surface area contributed by atoms with Crippen LogP contribution in [0.4, 0.5) is 26.3 Å². The van der Waals surface area contributed by atoms with Gasteiger partial charge in [-0.1, -0.05) is 6.07 Å². The molecular formula is C18H18F6N4O2. The van der Waals surface area contributed by atoms with E-state index >= 15 is 0 Å². The number of hydrogen-bond donors (Lipinski definition) is 1. The van der Waals surface area contributed by atoms with Crippen molar-refractivity contribution in [1.82, 2.24) is 20.3 Å². The van der Waals surface area contributed by atoms with Crippen LogP contribution in [0, 0.1) is 6.92 Å². The number of nitrogens with zero attached hydrogens (tertiary/aromatic N) is 3. The molecule has 0 aliphatic heterocycles. The van der Waals surface area contributed by atoms with Gasteiger partial charge in [-0.2, -0.15) is 26.3 Å². The van der Waals surface area contributed by atoms with Gasteiger partial charge in [0.05, 0.1) is 12.5 Å². The van der Waals surface area contributed by atoms with E-state index in [-0.39, 0.29) is 17.4 Å². The van der Waals surface area contributed by atoms with Gasteiger partial charge in [-0.05, 0) is 25.5 Å². The number of ether oxygens (including phenoxy) is 1. The second-order valence-electron chi connectivity index (χ2n) is 6.45. The second-order valence-corrected chi connectivity index (χ2v) is 6.45. The van der Waals surface area contributed by atoms with E-state index in [9.17, 15) is 31.1 Å². The zero-order chi connectivity index (χ0) is 22.5. The average molecular weight is 436 g/mol. The van der Waals surface area contributed by atoms with E-state index in [1.165, 1.54) is 31.3 Å². The summed E-state index contributed by atoms with van der Waals surface area (Å²) in [6.45, 7) is 1.65. The highest BCUT2D eigenvalue weighted by atomic mass is 19.4. The third-order valence-electron chi connectivity index (χ3n) is 3.76. The van der Waals surface area contributed by atoms with Gasteiger partial charge < -0.3 is 10.1 Å². The van der Waals surface area contributed by atoms with E-state index < -0.39 is 43.8 Å². The molecule has 1 amide bonds. The summed E-state index contributed by atoms with van der Waals surface area (Å²) in [6, 6.07) is 3.40. The minimum atomic E-state index is -4.49. The first-order valence-electron chi connectivity index (χ1n) is 8.70. The van der Waals surface area contributed by atoms with Crippen LogP contribution in [0.25, 0.3) is 0 Å². The molecule has 12 heteroatoms. The van der Waals surface area contributed by atoms with Crippen LogP contribution in [0.3, 0.4) is 0 Å². The summed E-state index contributed by atoms with van der Waals surface area (Å²) < 4.78 is 78.1. The number of pyridine rings is 1. The first-order chi connectivity index (χ1) is 13.8. The molecule has 0 fully saturated rings. The number of hydrogen-bond acceptors (Lipinski definition) is 5. The Balaban J connectivity index is 2.02. The lowest BCUT2D eigenvalue weighted by molar-refractivity contribution is -0.154. The molecule has 0 aromatic carbocycles. The number of halogens is 6. The van der Waals surface area contributed by atoms with Gasteiger partial charge in [-0.3, -0.25) is 4.79 Å². The van der Waals surface area contributed by atoms with Gasteiger partial charge in [0, 0.05) is 24.4 Å². The molecule has 0 aliphatic rings. The van der Waals surface area contributed by atoms with Gasteiger partial charge in [0.1, 0.15) is 11.5 Å². The molecule has 0 saturated carbocycles. The first-order valence-corrected chi connectivity index (χ1v) is 8.70. The Morgan fingerprint density at radius 1 is 1.13 bits per heavy atom. The third-order valence-corrected chi connectivity index (χ3v) is 3.76. The molecule has 164 valence electrons. The molecule has 1 atom stereocenters. The van der Waals surface area contributed by atoms with Crippen molar-refractivity contribution in [3.05, 3.63) is 47.2 Å². The van der Waals surface area contributed by atoms with Crippen LogP contribution in [0.1, 0.15) is 47.0 Å². The van der Waals surface area contributed by atoms with E-state index in [1.54, 1.807) is 6.92 Å². The fraction of sp³-hybridized carbons (Fsp3) is 0.444. The van der Waals surface area contributed by atoms with Crippen molar-refractivity contribution in [2.24, 2.45) is 0 Å². The Kier molecular flexibility index (Phi) is 7.21. The van der Waals surface area contributed by atoms with E-state index in [1.807, 2.05) is 0 Å². The summed E-state index contributed by atoms with van der Waals surface area (Å²) in [6.07, 6.45) is -9.17. The Morgan fingerprint density at radius 3 is 2.40 bits per heavy atom. The van der Waals surface area contributed by atoms with E-state index in [0.29, 0.717) is 11.3 Å². The standard InChI is InChI=1S/C18H18F6N4O2/c1-10-7-13(28-14(26-10)5-6-17(19,20)21)16(29)27-11(2)12-3-4-15(25-8-12)30-9-18(22,23)24/h3-4,7-8,11H,5-6,9H2,1-2H3,(H,27,29). The Morgan fingerprint density at radius 2 is 1.83 bits per heavy atom. The number of nitrogens with one attached hydrogen (secondary N) is 1. The molecule has 2 aromatic rings. The first kappa shape index (κ1) is 23.4. The van der Waals surface area contributed by atoms with Crippen molar-refractivity contribution in [1.29, 1.82) is 0 Å². The van der Waals surface area contributed by atoms with Crippen LogP contribution >= 0.6 is 0 Å². The van der Waals surface area contributed by atoms with Crippen LogP contribution < -0.4 is 10.1 Å². The quantitative estimate of drug-likeness (QED) is 0.662. The second kappa shape index (κ2) is 9.26. The topological polar surface area (TPSA) is 77.0 Å². The van der Waals surface area contributed by atoms with Gasteiger partial charge in [0.2, 0.25) is 5.88 Å². The number of rotatable bonds is 7. The van der Waals surface area contributed by atoms with Crippen molar-refractivity contribution < 1.29 is 35.9 Å². The summed E-state index contributed by atoms with van der Waals surface area (Å²) in [5.74, 6) is -0.966. The largest absolute Gasteiger partial charge is 0.468 e. The van der Waals surface area contributed by atoms with Gasteiger partial charge in [0.25, 0.3) is 5.91 Å². The highest BCUT2D eigenvalue weighted by Gasteiger charge is 2.29. The monoisotopic (exact) mass is 436 g/mol. The minimum Gasteiger partial charge on any atom is -0.468 e. The fourth-order valence-electron chi connectivity index (χ4n) is 2.35. The zero-order valence-electron chi connectivity index (χ0n) is 15.9. The van der Waals surface area contributed by atoms with E-state index in [2.05, 4.69) is 25.0 Å².